The molecule has 10 heteroatoms. The topological polar surface area (TPSA) is 31.6 Å². The van der Waals surface area contributed by atoms with Crippen molar-refractivity contribution in [1.82, 2.24) is 0 Å². The number of benzene rings is 6. The summed E-state index contributed by atoms with van der Waals surface area (Å²) in [6.07, 6.45) is 0. The molecule has 252 valence electrons. The van der Waals surface area contributed by atoms with Crippen LogP contribution in [0.5, 0.6) is 0 Å². The zero-order chi connectivity index (χ0) is 37.2. The van der Waals surface area contributed by atoms with E-state index in [4.69, 9.17) is 13.7 Å². The van der Waals surface area contributed by atoms with Crippen molar-refractivity contribution in [3.63, 3.8) is 0 Å². The SMILES string of the molecule is Bc1c(B)c(B)c2c(oc3c(-c4ccc(C5(c6ccccc6)c6ccccc6-c6ccccc65)cc4)c(B)c(B)c(B)c32)c1B1OC(C)(C)C(C)(C)O1. The van der Waals surface area contributed by atoms with Crippen molar-refractivity contribution in [1.29, 1.82) is 0 Å². The molecule has 0 amide bonds. The Morgan fingerprint density at radius 2 is 0.943 bits per heavy atom. The van der Waals surface area contributed by atoms with Crippen molar-refractivity contribution in [2.45, 2.75) is 44.3 Å². The molecule has 1 aromatic heterocycles. The average molecular weight is 681 g/mol. The van der Waals surface area contributed by atoms with E-state index in [2.05, 4.69) is 178 Å². The molecule has 9 rings (SSSR count). The quantitative estimate of drug-likeness (QED) is 0.235. The Kier molecular flexibility index (Phi) is 7.60. The Morgan fingerprint density at radius 3 is 1.51 bits per heavy atom. The highest BCUT2D eigenvalue weighted by molar-refractivity contribution is 6.76. The molecule has 0 saturated carbocycles. The van der Waals surface area contributed by atoms with E-state index < -0.39 is 23.7 Å². The molecule has 3 nitrogen and oxygen atoms in total. The summed E-state index contributed by atoms with van der Waals surface area (Å²) in [5, 5.41) is 2.34. The molecule has 0 radical (unpaired) electrons. The number of rotatable bonds is 4. The van der Waals surface area contributed by atoms with Gasteiger partial charge in [0.1, 0.15) is 58.2 Å². The summed E-state index contributed by atoms with van der Waals surface area (Å²) >= 11 is 0. The Balaban J connectivity index is 1.29. The summed E-state index contributed by atoms with van der Waals surface area (Å²) in [7, 11) is 12.8. The molecule has 0 spiro atoms. The summed E-state index contributed by atoms with van der Waals surface area (Å²) < 4.78 is 20.6. The van der Waals surface area contributed by atoms with Gasteiger partial charge in [-0.3, -0.25) is 0 Å². The Morgan fingerprint density at radius 1 is 0.472 bits per heavy atom. The third kappa shape index (κ3) is 4.58. The van der Waals surface area contributed by atoms with Gasteiger partial charge >= 0.3 is 7.12 Å². The van der Waals surface area contributed by atoms with Gasteiger partial charge in [0, 0.05) is 21.8 Å². The van der Waals surface area contributed by atoms with Gasteiger partial charge in [-0.25, -0.2) is 0 Å². The zero-order valence-electron chi connectivity index (χ0n) is 32.6. The molecular weight excluding hydrogens is 640 g/mol. The molecule has 0 unspecified atom stereocenters. The average Bonchev–Trinajstić information content (AvgIpc) is 3.75. The van der Waals surface area contributed by atoms with E-state index in [1.54, 1.807) is 0 Å². The zero-order valence-corrected chi connectivity index (χ0v) is 32.6. The van der Waals surface area contributed by atoms with Gasteiger partial charge in [0.05, 0.1) is 16.6 Å². The molecule has 2 heterocycles. The smallest absolute Gasteiger partial charge is 0.456 e. The second-order valence-electron chi connectivity index (χ2n) is 16.4. The summed E-state index contributed by atoms with van der Waals surface area (Å²) in [5.74, 6) is 0. The van der Waals surface area contributed by atoms with Crippen molar-refractivity contribution in [3.8, 4) is 22.3 Å². The van der Waals surface area contributed by atoms with Gasteiger partial charge in [-0.2, -0.15) is 0 Å². The molecule has 7 aromatic rings. The van der Waals surface area contributed by atoms with Crippen molar-refractivity contribution in [2.75, 3.05) is 0 Å². The fraction of sp³-hybridized carbons (Fsp3) is 0.163. The lowest BCUT2D eigenvalue weighted by molar-refractivity contribution is 0.00578. The van der Waals surface area contributed by atoms with E-state index in [0.29, 0.717) is 0 Å². The van der Waals surface area contributed by atoms with Crippen LogP contribution >= 0.6 is 0 Å². The Bertz CT molecular complexity index is 2590. The van der Waals surface area contributed by atoms with Crippen LogP contribution in [0.25, 0.3) is 44.2 Å². The molecular formula is C43H41B7O3. The van der Waals surface area contributed by atoms with Crippen molar-refractivity contribution >= 4 is 114 Å². The van der Waals surface area contributed by atoms with Gasteiger partial charge in [-0.05, 0) is 66.6 Å². The van der Waals surface area contributed by atoms with Crippen molar-refractivity contribution < 1.29 is 13.7 Å². The first-order valence-corrected chi connectivity index (χ1v) is 19.0. The fourth-order valence-electron chi connectivity index (χ4n) is 9.37. The van der Waals surface area contributed by atoms with E-state index >= 15 is 0 Å². The minimum Gasteiger partial charge on any atom is -0.456 e. The molecule has 1 saturated heterocycles. The molecule has 53 heavy (non-hydrogen) atoms. The Labute approximate surface area is 318 Å². The van der Waals surface area contributed by atoms with E-state index in [-0.39, 0.29) is 0 Å². The Hall–Kier alpha value is -4.51. The number of fused-ring (bicyclic) bond motifs is 6. The van der Waals surface area contributed by atoms with Gasteiger partial charge in [0.2, 0.25) is 0 Å². The standard InChI is InChI=1S/C43H41B7O3/c1-41(2)42(3,4)53-50(52-41)38-37(49)36(48)34(46)31-30-33(45)35(47)32(44)29(39(30)51-40(31)38)22-18-20-24(21-19-22)43(23-12-6-5-7-13-23)27-16-10-8-14-25(27)26-15-9-11-17-28(26)43/h5-21H,44-49H2,1-4H3. The van der Waals surface area contributed by atoms with E-state index in [9.17, 15) is 0 Å². The van der Waals surface area contributed by atoms with E-state index in [1.165, 1.54) is 66.1 Å². The van der Waals surface area contributed by atoms with Crippen LogP contribution in [0.2, 0.25) is 0 Å². The molecule has 6 aromatic carbocycles. The van der Waals surface area contributed by atoms with Crippen molar-refractivity contribution in [3.05, 3.63) is 125 Å². The van der Waals surface area contributed by atoms with Gasteiger partial charge in [-0.1, -0.05) is 130 Å². The monoisotopic (exact) mass is 682 g/mol. The largest absolute Gasteiger partial charge is 0.498 e. The van der Waals surface area contributed by atoms with Gasteiger partial charge in [0.15, 0.2) is 0 Å². The highest BCUT2D eigenvalue weighted by atomic mass is 16.7. The first-order chi connectivity index (χ1) is 25.3. The minimum absolute atomic E-state index is 0.441. The second-order valence-corrected chi connectivity index (χ2v) is 16.4. The van der Waals surface area contributed by atoms with Crippen LogP contribution in [0, 0.1) is 0 Å². The fourth-order valence-corrected chi connectivity index (χ4v) is 9.37. The second kappa shape index (κ2) is 11.7. The van der Waals surface area contributed by atoms with Crippen LogP contribution in [0.4, 0.5) is 0 Å². The van der Waals surface area contributed by atoms with Gasteiger partial charge in [0.25, 0.3) is 0 Å². The van der Waals surface area contributed by atoms with Gasteiger partial charge < -0.3 is 13.7 Å². The predicted octanol–water partition coefficient (Wildman–Crippen LogP) is -0.534. The minimum atomic E-state index is -0.529. The summed E-state index contributed by atoms with van der Waals surface area (Å²) in [4.78, 5) is 0. The first-order valence-electron chi connectivity index (χ1n) is 19.0. The molecule has 0 N–H and O–H groups in total. The van der Waals surface area contributed by atoms with Crippen LogP contribution in [0.3, 0.4) is 0 Å². The van der Waals surface area contributed by atoms with E-state index in [0.717, 1.165) is 38.6 Å². The molecule has 2 aliphatic rings. The maximum absolute atomic E-state index is 7.20. The number of hydrogen-bond acceptors (Lipinski definition) is 3. The third-order valence-corrected chi connectivity index (χ3v) is 13.4. The molecule has 0 bridgehead atoms. The lowest BCUT2D eigenvalue weighted by Gasteiger charge is -2.34. The van der Waals surface area contributed by atoms with Gasteiger partial charge in [-0.15, -0.1) is 5.46 Å². The van der Waals surface area contributed by atoms with Crippen LogP contribution in [0.15, 0.2) is 108 Å². The highest BCUT2D eigenvalue weighted by Crippen LogP contribution is 2.56. The van der Waals surface area contributed by atoms with Crippen LogP contribution in [0.1, 0.15) is 49.9 Å². The summed E-state index contributed by atoms with van der Waals surface area (Å²) in [6, 6.07) is 38.1. The predicted molar refractivity (Wildman–Crippen MR) is 241 cm³/mol. The highest BCUT2D eigenvalue weighted by Gasteiger charge is 2.53. The third-order valence-electron chi connectivity index (χ3n) is 13.4. The van der Waals surface area contributed by atoms with E-state index in [1.807, 2.05) is 0 Å². The number of hydrogen-bond donors (Lipinski definition) is 0. The molecule has 1 aliphatic heterocycles. The van der Waals surface area contributed by atoms with Crippen molar-refractivity contribution in [2.24, 2.45) is 0 Å². The van der Waals surface area contributed by atoms with Crippen LogP contribution in [-0.2, 0) is 14.7 Å². The molecule has 1 fully saturated rings. The first kappa shape index (κ1) is 34.3. The van der Waals surface area contributed by atoms with Crippen LogP contribution in [-0.4, -0.2) is 65.4 Å². The summed E-state index contributed by atoms with van der Waals surface area (Å²) in [5.41, 5.74) is 18.9. The lowest BCUT2D eigenvalue weighted by atomic mass is 9.61. The lowest BCUT2D eigenvalue weighted by Crippen LogP contribution is -2.54. The normalized spacial score (nSPS) is 16.6. The van der Waals surface area contributed by atoms with Crippen LogP contribution < -0.4 is 38.2 Å². The maximum Gasteiger partial charge on any atom is 0.498 e. The molecule has 0 atom stereocenters. The summed E-state index contributed by atoms with van der Waals surface area (Å²) in [6.45, 7) is 8.45. The number of furan rings is 1. The maximum atomic E-state index is 7.20. The molecule has 1 aliphatic carbocycles.